The number of rotatable bonds is 4. The van der Waals surface area contributed by atoms with Crippen molar-refractivity contribution in [2.24, 2.45) is 5.92 Å². The molecule has 1 fully saturated rings. The van der Waals surface area contributed by atoms with Crippen molar-refractivity contribution in [2.75, 3.05) is 5.32 Å². The van der Waals surface area contributed by atoms with Gasteiger partial charge in [0.05, 0.1) is 16.6 Å². The summed E-state index contributed by atoms with van der Waals surface area (Å²) in [5, 5.41) is 3.63. The van der Waals surface area contributed by atoms with E-state index in [2.05, 4.69) is 10.3 Å². The number of hydrogen-bond donors (Lipinski definition) is 1. The second-order valence-electron chi connectivity index (χ2n) is 7.72. The summed E-state index contributed by atoms with van der Waals surface area (Å²) < 4.78 is 1.62. The Morgan fingerprint density at radius 2 is 1.89 bits per heavy atom. The smallest absolute Gasteiger partial charge is 0.265 e. The first-order chi connectivity index (χ1) is 13.5. The molecule has 1 amide bonds. The molecule has 1 saturated carbocycles. The topological polar surface area (TPSA) is 64.0 Å². The molecule has 0 spiro atoms. The molecule has 0 bridgehead atoms. The van der Waals surface area contributed by atoms with E-state index in [0.29, 0.717) is 29.1 Å². The van der Waals surface area contributed by atoms with Gasteiger partial charge in [-0.3, -0.25) is 14.2 Å². The van der Waals surface area contributed by atoms with E-state index in [1.165, 1.54) is 12.8 Å². The summed E-state index contributed by atoms with van der Waals surface area (Å²) >= 11 is 0. The van der Waals surface area contributed by atoms with Gasteiger partial charge >= 0.3 is 0 Å². The van der Waals surface area contributed by atoms with Crippen LogP contribution in [0.2, 0.25) is 0 Å². The van der Waals surface area contributed by atoms with Crippen LogP contribution in [0.4, 0.5) is 5.69 Å². The van der Waals surface area contributed by atoms with Gasteiger partial charge in [0.15, 0.2) is 0 Å². The molecule has 2 aromatic carbocycles. The zero-order valence-electron chi connectivity index (χ0n) is 16.4. The number of nitrogens with zero attached hydrogens (tertiary/aromatic N) is 2. The summed E-state index contributed by atoms with van der Waals surface area (Å²) in [6, 6.07) is 13.0. The summed E-state index contributed by atoms with van der Waals surface area (Å²) in [5.74, 6) is 1.23. The van der Waals surface area contributed by atoms with Crippen LogP contribution in [0.25, 0.3) is 16.6 Å². The molecule has 0 unspecified atom stereocenters. The highest BCUT2D eigenvalue weighted by molar-refractivity contribution is 5.91. The van der Waals surface area contributed by atoms with Crippen molar-refractivity contribution in [1.82, 2.24) is 9.55 Å². The maximum atomic E-state index is 13.0. The Morgan fingerprint density at radius 1 is 1.14 bits per heavy atom. The molecule has 1 aromatic heterocycles. The second-order valence-corrected chi connectivity index (χ2v) is 7.72. The van der Waals surface area contributed by atoms with Crippen LogP contribution in [-0.2, 0) is 4.79 Å². The van der Waals surface area contributed by atoms with Gasteiger partial charge in [-0.25, -0.2) is 4.98 Å². The number of amides is 1. The molecule has 0 aliphatic heterocycles. The molecule has 5 nitrogen and oxygen atoms in total. The van der Waals surface area contributed by atoms with E-state index in [-0.39, 0.29) is 11.5 Å². The first kappa shape index (κ1) is 18.4. The van der Waals surface area contributed by atoms with Crippen molar-refractivity contribution in [1.29, 1.82) is 0 Å². The highest BCUT2D eigenvalue weighted by Gasteiger charge is 2.19. The number of anilines is 1. The lowest BCUT2D eigenvalue weighted by atomic mass is 10.0. The Bertz CT molecular complexity index is 1090. The number of aryl methyl sites for hydroxylation is 2. The minimum atomic E-state index is -0.0829. The number of nitrogens with one attached hydrogen (secondary N) is 1. The largest absolute Gasteiger partial charge is 0.326 e. The monoisotopic (exact) mass is 375 g/mol. The van der Waals surface area contributed by atoms with Crippen LogP contribution in [0, 0.1) is 19.8 Å². The molecule has 1 aliphatic rings. The molecule has 1 N–H and O–H groups in total. The minimum absolute atomic E-state index is 0.0727. The summed E-state index contributed by atoms with van der Waals surface area (Å²) in [6.45, 7) is 3.78. The van der Waals surface area contributed by atoms with E-state index < -0.39 is 0 Å². The molecule has 28 heavy (non-hydrogen) atoms. The van der Waals surface area contributed by atoms with E-state index >= 15 is 0 Å². The number of benzene rings is 2. The van der Waals surface area contributed by atoms with Crippen molar-refractivity contribution < 1.29 is 4.79 Å². The lowest BCUT2D eigenvalue weighted by Crippen LogP contribution is -2.22. The Hall–Kier alpha value is -2.95. The molecule has 144 valence electrons. The van der Waals surface area contributed by atoms with E-state index in [1.807, 2.05) is 50.2 Å². The zero-order chi connectivity index (χ0) is 19.7. The fourth-order valence-electron chi connectivity index (χ4n) is 4.15. The Labute approximate surface area is 164 Å². The standard InChI is InChI=1S/C23H25N3O2/c1-15-13-18(11-12-20(15)25-22(27)14-17-7-3-4-8-17)26-16(2)24-21-10-6-5-9-19(21)23(26)28/h5-6,9-13,17H,3-4,7-8,14H2,1-2H3,(H,25,27). The van der Waals surface area contributed by atoms with Gasteiger partial charge in [-0.15, -0.1) is 0 Å². The van der Waals surface area contributed by atoms with Crippen LogP contribution in [0.15, 0.2) is 47.3 Å². The maximum Gasteiger partial charge on any atom is 0.265 e. The fourth-order valence-corrected chi connectivity index (χ4v) is 4.15. The first-order valence-electron chi connectivity index (χ1n) is 9.92. The number of carbonyl (C=O) groups excluding carboxylic acids is 1. The molecule has 4 rings (SSSR count). The molecule has 0 saturated heterocycles. The van der Waals surface area contributed by atoms with Crippen molar-refractivity contribution in [3.05, 3.63) is 64.2 Å². The van der Waals surface area contributed by atoms with Crippen molar-refractivity contribution in [3.8, 4) is 5.69 Å². The highest BCUT2D eigenvalue weighted by atomic mass is 16.1. The lowest BCUT2D eigenvalue weighted by Gasteiger charge is -2.15. The average molecular weight is 375 g/mol. The van der Waals surface area contributed by atoms with Crippen LogP contribution < -0.4 is 10.9 Å². The predicted octanol–water partition coefficient (Wildman–Crippen LogP) is 4.52. The predicted molar refractivity (Wildman–Crippen MR) is 112 cm³/mol. The van der Waals surface area contributed by atoms with E-state index in [9.17, 15) is 9.59 Å². The summed E-state index contributed by atoms with van der Waals surface area (Å²) in [7, 11) is 0. The highest BCUT2D eigenvalue weighted by Crippen LogP contribution is 2.28. The van der Waals surface area contributed by atoms with Gasteiger partial charge in [-0.1, -0.05) is 25.0 Å². The zero-order valence-corrected chi connectivity index (χ0v) is 16.4. The van der Waals surface area contributed by atoms with Gasteiger partial charge in [0.25, 0.3) is 5.56 Å². The number of hydrogen-bond acceptors (Lipinski definition) is 3. The molecular weight excluding hydrogens is 350 g/mol. The molecule has 0 atom stereocenters. The molecule has 1 heterocycles. The minimum Gasteiger partial charge on any atom is -0.326 e. The van der Waals surface area contributed by atoms with Gasteiger partial charge in [-0.2, -0.15) is 0 Å². The molecule has 1 aliphatic carbocycles. The van der Waals surface area contributed by atoms with Crippen molar-refractivity contribution >= 4 is 22.5 Å². The van der Waals surface area contributed by atoms with Gasteiger partial charge in [-0.05, 0) is 68.5 Å². The maximum absolute atomic E-state index is 13.0. The van der Waals surface area contributed by atoms with Crippen LogP contribution in [0.5, 0.6) is 0 Å². The number of aromatic nitrogens is 2. The SMILES string of the molecule is Cc1cc(-n2c(C)nc3ccccc3c2=O)ccc1NC(=O)CC1CCCC1. The van der Waals surface area contributed by atoms with Gasteiger partial charge in [0.2, 0.25) is 5.91 Å². The van der Waals surface area contributed by atoms with Gasteiger partial charge in [0.1, 0.15) is 5.82 Å². The van der Waals surface area contributed by atoms with E-state index in [4.69, 9.17) is 0 Å². The van der Waals surface area contributed by atoms with Crippen LogP contribution in [0.3, 0.4) is 0 Å². The molecule has 3 aromatic rings. The number of para-hydroxylation sites is 1. The van der Waals surface area contributed by atoms with E-state index in [1.54, 1.807) is 10.6 Å². The summed E-state index contributed by atoms with van der Waals surface area (Å²) in [5.41, 5.74) is 3.10. The third-order valence-corrected chi connectivity index (χ3v) is 5.63. The molecule has 0 radical (unpaired) electrons. The van der Waals surface area contributed by atoms with Crippen molar-refractivity contribution in [3.63, 3.8) is 0 Å². The summed E-state index contributed by atoms with van der Waals surface area (Å²) in [4.78, 5) is 29.9. The lowest BCUT2D eigenvalue weighted by molar-refractivity contribution is -0.117. The Balaban J connectivity index is 1.62. The van der Waals surface area contributed by atoms with E-state index in [0.717, 1.165) is 29.8 Å². The Kier molecular flexibility index (Phi) is 4.99. The Morgan fingerprint density at radius 3 is 2.64 bits per heavy atom. The molecule has 5 heteroatoms. The normalized spacial score (nSPS) is 14.5. The van der Waals surface area contributed by atoms with Gasteiger partial charge in [0, 0.05) is 12.1 Å². The quantitative estimate of drug-likeness (QED) is 0.729. The number of carbonyl (C=O) groups is 1. The van der Waals surface area contributed by atoms with Gasteiger partial charge < -0.3 is 5.32 Å². The molecular formula is C23H25N3O2. The van der Waals surface area contributed by atoms with Crippen LogP contribution in [-0.4, -0.2) is 15.5 Å². The average Bonchev–Trinajstić information content (AvgIpc) is 3.17. The third kappa shape index (κ3) is 3.57. The first-order valence-corrected chi connectivity index (χ1v) is 9.92. The fraction of sp³-hybridized carbons (Fsp3) is 0.348. The summed E-state index contributed by atoms with van der Waals surface area (Å²) in [6.07, 6.45) is 5.37. The van der Waals surface area contributed by atoms with Crippen LogP contribution >= 0.6 is 0 Å². The number of fused-ring (bicyclic) bond motifs is 1. The van der Waals surface area contributed by atoms with Crippen LogP contribution in [0.1, 0.15) is 43.5 Å². The third-order valence-electron chi connectivity index (χ3n) is 5.63. The second kappa shape index (κ2) is 7.58. The van der Waals surface area contributed by atoms with Crippen molar-refractivity contribution in [2.45, 2.75) is 46.0 Å².